The fourth-order valence-corrected chi connectivity index (χ4v) is 3.14. The van der Waals surface area contributed by atoms with Crippen LogP contribution in [0.1, 0.15) is 30.7 Å². The first-order valence-corrected chi connectivity index (χ1v) is 7.07. The summed E-state index contributed by atoms with van der Waals surface area (Å²) >= 11 is 1.67. The van der Waals surface area contributed by atoms with Gasteiger partial charge in [-0.25, -0.2) is 4.98 Å². The van der Waals surface area contributed by atoms with E-state index >= 15 is 0 Å². The highest BCUT2D eigenvalue weighted by atomic mass is 32.1. The van der Waals surface area contributed by atoms with Crippen LogP contribution in [0, 0.1) is 12.8 Å². The third-order valence-corrected chi connectivity index (χ3v) is 4.17. The number of aryl methyl sites for hydroxylation is 1. The number of nitrogens with zero attached hydrogens (tertiary/aromatic N) is 4. The zero-order chi connectivity index (χ0) is 12.7. The summed E-state index contributed by atoms with van der Waals surface area (Å²) < 4.78 is 2.23. The van der Waals surface area contributed by atoms with Crippen LogP contribution in [0.25, 0.3) is 10.7 Å². The first kappa shape index (κ1) is 11.8. The van der Waals surface area contributed by atoms with E-state index < -0.39 is 0 Å². The van der Waals surface area contributed by atoms with E-state index in [1.54, 1.807) is 11.3 Å². The lowest BCUT2D eigenvalue weighted by Gasteiger charge is -2.27. The van der Waals surface area contributed by atoms with Gasteiger partial charge in [-0.05, 0) is 12.8 Å². The Morgan fingerprint density at radius 3 is 2.94 bits per heavy atom. The fourth-order valence-electron chi connectivity index (χ4n) is 2.37. The minimum Gasteiger partial charge on any atom is -0.308 e. The van der Waals surface area contributed by atoms with E-state index in [0.717, 1.165) is 34.6 Å². The molecule has 1 aliphatic rings. The molecule has 6 heteroatoms. The molecule has 0 saturated heterocycles. The molecule has 96 valence electrons. The molecule has 1 atom stereocenters. The van der Waals surface area contributed by atoms with Gasteiger partial charge in [-0.1, -0.05) is 13.8 Å². The van der Waals surface area contributed by atoms with Crippen LogP contribution >= 0.6 is 11.3 Å². The second-order valence-electron chi connectivity index (χ2n) is 4.95. The van der Waals surface area contributed by atoms with Crippen LogP contribution in [0.4, 0.5) is 0 Å². The lowest BCUT2D eigenvalue weighted by molar-refractivity contribution is 0.339. The van der Waals surface area contributed by atoms with Gasteiger partial charge < -0.3 is 9.88 Å². The highest BCUT2D eigenvalue weighted by Gasteiger charge is 2.27. The Hall–Kier alpha value is -1.27. The molecule has 0 bridgehead atoms. The van der Waals surface area contributed by atoms with E-state index in [9.17, 15) is 0 Å². The summed E-state index contributed by atoms with van der Waals surface area (Å²) in [6.07, 6.45) is 1.89. The van der Waals surface area contributed by atoms with Gasteiger partial charge in [-0.15, -0.1) is 21.5 Å². The molecule has 0 amide bonds. The normalized spacial score (nSPS) is 19.2. The largest absolute Gasteiger partial charge is 0.308 e. The minimum atomic E-state index is 0.300. The van der Waals surface area contributed by atoms with Gasteiger partial charge >= 0.3 is 0 Å². The molecule has 1 N–H and O–H groups in total. The van der Waals surface area contributed by atoms with E-state index in [-0.39, 0.29) is 0 Å². The van der Waals surface area contributed by atoms with Crippen molar-refractivity contribution in [2.24, 2.45) is 5.92 Å². The smallest absolute Gasteiger partial charge is 0.175 e. The number of hydrogen-bond acceptors (Lipinski definition) is 5. The van der Waals surface area contributed by atoms with Gasteiger partial charge in [-0.3, -0.25) is 0 Å². The summed E-state index contributed by atoms with van der Waals surface area (Å²) in [4.78, 5) is 5.40. The van der Waals surface area contributed by atoms with E-state index in [1.807, 2.05) is 13.1 Å². The molecule has 2 aromatic heterocycles. The van der Waals surface area contributed by atoms with Crippen molar-refractivity contribution in [1.29, 1.82) is 0 Å². The Bertz CT molecular complexity index is 557. The number of hydrogen-bond donors (Lipinski definition) is 1. The molecule has 2 aromatic rings. The first-order valence-electron chi connectivity index (χ1n) is 6.26. The Labute approximate surface area is 110 Å². The van der Waals surface area contributed by atoms with E-state index in [4.69, 9.17) is 0 Å². The predicted octanol–water partition coefficient (Wildman–Crippen LogP) is 2.01. The maximum atomic E-state index is 4.37. The van der Waals surface area contributed by atoms with Crippen LogP contribution in [-0.2, 0) is 6.54 Å². The second kappa shape index (κ2) is 4.44. The van der Waals surface area contributed by atoms with E-state index in [2.05, 4.69) is 38.9 Å². The lowest BCUT2D eigenvalue weighted by Crippen LogP contribution is -2.36. The monoisotopic (exact) mass is 263 g/mol. The number of nitrogens with one attached hydrogen (secondary N) is 1. The summed E-state index contributed by atoms with van der Waals surface area (Å²) in [6.45, 7) is 8.33. The molecular weight excluding hydrogens is 246 g/mol. The summed E-state index contributed by atoms with van der Waals surface area (Å²) in [6, 6.07) is 0.300. The molecular formula is C12H17N5S. The average molecular weight is 263 g/mol. The predicted molar refractivity (Wildman–Crippen MR) is 71.4 cm³/mol. The first-order chi connectivity index (χ1) is 8.66. The van der Waals surface area contributed by atoms with Gasteiger partial charge in [0, 0.05) is 19.3 Å². The summed E-state index contributed by atoms with van der Waals surface area (Å²) in [7, 11) is 0. The molecule has 0 fully saturated rings. The molecule has 0 aromatic carbocycles. The summed E-state index contributed by atoms with van der Waals surface area (Å²) in [5.74, 6) is 2.53. The van der Waals surface area contributed by atoms with Crippen molar-refractivity contribution in [3.05, 3.63) is 17.0 Å². The van der Waals surface area contributed by atoms with Crippen LogP contribution in [-0.4, -0.2) is 26.3 Å². The number of thiazole rings is 1. The van der Waals surface area contributed by atoms with Crippen molar-refractivity contribution >= 4 is 11.3 Å². The third kappa shape index (κ3) is 1.85. The number of fused-ring (bicyclic) bond motifs is 1. The molecule has 0 radical (unpaired) electrons. The van der Waals surface area contributed by atoms with Crippen molar-refractivity contribution in [2.45, 2.75) is 33.4 Å². The molecule has 0 aliphatic carbocycles. The van der Waals surface area contributed by atoms with Crippen molar-refractivity contribution < 1.29 is 0 Å². The highest BCUT2D eigenvalue weighted by molar-refractivity contribution is 7.14. The van der Waals surface area contributed by atoms with Crippen molar-refractivity contribution in [3.8, 4) is 10.7 Å². The van der Waals surface area contributed by atoms with Crippen LogP contribution < -0.4 is 5.32 Å². The van der Waals surface area contributed by atoms with Crippen molar-refractivity contribution in [1.82, 2.24) is 25.1 Å². The van der Waals surface area contributed by atoms with Gasteiger partial charge in [0.1, 0.15) is 0 Å². The van der Waals surface area contributed by atoms with Gasteiger partial charge in [-0.2, -0.15) is 0 Å². The maximum absolute atomic E-state index is 4.37. The van der Waals surface area contributed by atoms with Gasteiger partial charge in [0.25, 0.3) is 0 Å². The third-order valence-electron chi connectivity index (χ3n) is 3.27. The summed E-state index contributed by atoms with van der Waals surface area (Å²) in [5.41, 5.74) is 0. The Morgan fingerprint density at radius 1 is 1.44 bits per heavy atom. The van der Waals surface area contributed by atoms with Crippen LogP contribution in [0.3, 0.4) is 0 Å². The topological polar surface area (TPSA) is 55.6 Å². The van der Waals surface area contributed by atoms with E-state index in [0.29, 0.717) is 12.0 Å². The molecule has 3 rings (SSSR count). The number of aromatic nitrogens is 4. The second-order valence-corrected chi connectivity index (χ2v) is 6.19. The Balaban J connectivity index is 2.04. The standard InChI is InChI=1S/C12H17N5S/c1-7(2)10-12-16-15-11(17(12)5-4-13-10)9-6-14-8(3)18-9/h6-7,10,13H,4-5H2,1-3H3. The maximum Gasteiger partial charge on any atom is 0.175 e. The molecule has 1 aliphatic heterocycles. The molecule has 0 saturated carbocycles. The van der Waals surface area contributed by atoms with Gasteiger partial charge in [0.05, 0.1) is 15.9 Å². The highest BCUT2D eigenvalue weighted by Crippen LogP contribution is 2.30. The zero-order valence-corrected chi connectivity index (χ0v) is 11.7. The van der Waals surface area contributed by atoms with Crippen molar-refractivity contribution in [3.63, 3.8) is 0 Å². The Kier molecular flexibility index (Phi) is 2.91. The van der Waals surface area contributed by atoms with Crippen LogP contribution in [0.5, 0.6) is 0 Å². The SMILES string of the molecule is Cc1ncc(-c2nnc3n2CCNC3C(C)C)s1. The van der Waals surface area contributed by atoms with Crippen LogP contribution in [0.15, 0.2) is 6.20 Å². The average Bonchev–Trinajstić information content (AvgIpc) is 2.93. The molecule has 0 spiro atoms. The van der Waals surface area contributed by atoms with Gasteiger partial charge in [0.2, 0.25) is 0 Å². The minimum absolute atomic E-state index is 0.300. The quantitative estimate of drug-likeness (QED) is 0.900. The molecule has 18 heavy (non-hydrogen) atoms. The number of rotatable bonds is 2. The molecule has 5 nitrogen and oxygen atoms in total. The lowest BCUT2D eigenvalue weighted by atomic mass is 10.0. The van der Waals surface area contributed by atoms with E-state index in [1.165, 1.54) is 0 Å². The zero-order valence-electron chi connectivity index (χ0n) is 10.8. The Morgan fingerprint density at radius 2 is 2.28 bits per heavy atom. The molecule has 3 heterocycles. The van der Waals surface area contributed by atoms with Crippen LogP contribution in [0.2, 0.25) is 0 Å². The fraction of sp³-hybridized carbons (Fsp3) is 0.583. The molecule has 1 unspecified atom stereocenters. The van der Waals surface area contributed by atoms with Crippen molar-refractivity contribution in [2.75, 3.05) is 6.54 Å². The summed E-state index contributed by atoms with van der Waals surface area (Å²) in [5, 5.41) is 13.3. The van der Waals surface area contributed by atoms with Gasteiger partial charge in [0.15, 0.2) is 11.6 Å².